The second kappa shape index (κ2) is 11.5. The number of amides is 2. The number of rotatable bonds is 9. The molecule has 1 aromatic rings. The number of hydrogen-bond acceptors (Lipinski definition) is 5. The molecule has 1 rings (SSSR count). The van der Waals surface area contributed by atoms with Gasteiger partial charge in [0.05, 0.1) is 26.8 Å². The van der Waals surface area contributed by atoms with Gasteiger partial charge in [-0.15, -0.1) is 12.4 Å². The van der Waals surface area contributed by atoms with Gasteiger partial charge in [-0.2, -0.15) is 0 Å². The average molecular weight is 374 g/mol. The van der Waals surface area contributed by atoms with Crippen LogP contribution in [0.1, 0.15) is 19.4 Å². The molecule has 7 nitrogen and oxygen atoms in total. The van der Waals surface area contributed by atoms with E-state index in [9.17, 15) is 9.59 Å². The lowest BCUT2D eigenvalue weighted by Gasteiger charge is -2.15. The van der Waals surface area contributed by atoms with Crippen molar-refractivity contribution in [3.63, 3.8) is 0 Å². The van der Waals surface area contributed by atoms with Crippen LogP contribution in [-0.2, 0) is 16.0 Å². The lowest BCUT2D eigenvalue weighted by Crippen LogP contribution is -2.47. The Hall–Kier alpha value is -1.99. The molecule has 0 heterocycles. The van der Waals surface area contributed by atoms with Gasteiger partial charge in [-0.3, -0.25) is 9.59 Å². The molecule has 0 radical (unpaired) electrons. The van der Waals surface area contributed by atoms with Crippen LogP contribution in [-0.4, -0.2) is 45.2 Å². The Balaban J connectivity index is 0.00000576. The summed E-state index contributed by atoms with van der Waals surface area (Å²) in [5.74, 6) is 0.901. The highest BCUT2D eigenvalue weighted by Gasteiger charge is 2.17. The summed E-state index contributed by atoms with van der Waals surface area (Å²) in [6, 6.07) is 4.89. The van der Waals surface area contributed by atoms with Crippen molar-refractivity contribution in [1.29, 1.82) is 0 Å². The zero-order valence-electron chi connectivity index (χ0n) is 15.1. The van der Waals surface area contributed by atoms with Crippen LogP contribution in [0.4, 0.5) is 0 Å². The molecule has 4 N–H and O–H groups in total. The highest BCUT2D eigenvalue weighted by atomic mass is 35.5. The van der Waals surface area contributed by atoms with E-state index in [1.807, 2.05) is 32.0 Å². The molecular formula is C17H28ClN3O4. The number of nitrogens with one attached hydrogen (secondary N) is 2. The zero-order valence-corrected chi connectivity index (χ0v) is 15.9. The van der Waals surface area contributed by atoms with E-state index in [4.69, 9.17) is 15.2 Å². The number of carbonyl (C=O) groups excluding carboxylic acids is 2. The van der Waals surface area contributed by atoms with Crippen LogP contribution >= 0.6 is 12.4 Å². The standard InChI is InChI=1S/C17H27N3O4.ClH/c1-11(2)16(18)17(22)20-10-15(21)19-8-7-12-9-13(23-3)5-6-14(12)24-4;/h5-6,9,11,16H,7-8,10,18H2,1-4H3,(H,19,21)(H,20,22);1H/t16-;/m0./s1. The van der Waals surface area contributed by atoms with E-state index in [-0.39, 0.29) is 36.7 Å². The lowest BCUT2D eigenvalue weighted by atomic mass is 10.1. The van der Waals surface area contributed by atoms with E-state index in [0.29, 0.717) is 13.0 Å². The summed E-state index contributed by atoms with van der Waals surface area (Å²) in [5, 5.41) is 5.28. The molecule has 8 heteroatoms. The van der Waals surface area contributed by atoms with Gasteiger partial charge < -0.3 is 25.8 Å². The number of hydrogen-bond donors (Lipinski definition) is 3. The van der Waals surface area contributed by atoms with E-state index in [2.05, 4.69) is 10.6 Å². The van der Waals surface area contributed by atoms with Gasteiger partial charge in [0.1, 0.15) is 11.5 Å². The third kappa shape index (κ3) is 7.62. The first-order valence-electron chi connectivity index (χ1n) is 7.90. The molecule has 0 spiro atoms. The predicted octanol–water partition coefficient (Wildman–Crippen LogP) is 0.884. The van der Waals surface area contributed by atoms with Crippen molar-refractivity contribution in [1.82, 2.24) is 10.6 Å². The normalized spacial score (nSPS) is 11.3. The number of methoxy groups -OCH3 is 2. The summed E-state index contributed by atoms with van der Waals surface area (Å²) in [6.45, 7) is 4.04. The second-order valence-electron chi connectivity index (χ2n) is 5.77. The average Bonchev–Trinajstić information content (AvgIpc) is 2.58. The maximum Gasteiger partial charge on any atom is 0.239 e. The zero-order chi connectivity index (χ0) is 18.1. The van der Waals surface area contributed by atoms with Gasteiger partial charge in [0.25, 0.3) is 0 Å². The summed E-state index contributed by atoms with van der Waals surface area (Å²) in [5.41, 5.74) is 6.65. The highest BCUT2D eigenvalue weighted by molar-refractivity contribution is 5.87. The third-order valence-corrected chi connectivity index (χ3v) is 3.65. The molecule has 0 aliphatic carbocycles. The number of benzene rings is 1. The number of ether oxygens (including phenoxy) is 2. The fourth-order valence-electron chi connectivity index (χ4n) is 2.06. The van der Waals surface area contributed by atoms with E-state index in [1.165, 1.54) is 0 Å². The SMILES string of the molecule is COc1ccc(OC)c(CCNC(=O)CNC(=O)[C@@H](N)C(C)C)c1.Cl. The second-order valence-corrected chi connectivity index (χ2v) is 5.77. The van der Waals surface area contributed by atoms with Crippen LogP contribution in [0.3, 0.4) is 0 Å². The molecule has 1 atom stereocenters. The van der Waals surface area contributed by atoms with Crippen molar-refractivity contribution in [3.8, 4) is 11.5 Å². The van der Waals surface area contributed by atoms with Gasteiger partial charge in [-0.05, 0) is 36.1 Å². The van der Waals surface area contributed by atoms with Crippen LogP contribution in [0.15, 0.2) is 18.2 Å². The Morgan fingerprint density at radius 3 is 2.40 bits per heavy atom. The van der Waals surface area contributed by atoms with Crippen molar-refractivity contribution in [3.05, 3.63) is 23.8 Å². The summed E-state index contributed by atoms with van der Waals surface area (Å²) in [6.07, 6.45) is 0.589. The van der Waals surface area contributed by atoms with Gasteiger partial charge in [-0.25, -0.2) is 0 Å². The smallest absolute Gasteiger partial charge is 0.239 e. The van der Waals surface area contributed by atoms with Crippen LogP contribution in [0, 0.1) is 5.92 Å². The van der Waals surface area contributed by atoms with Gasteiger partial charge in [0.15, 0.2) is 0 Å². The van der Waals surface area contributed by atoms with Crippen molar-refractivity contribution >= 4 is 24.2 Å². The fraction of sp³-hybridized carbons (Fsp3) is 0.529. The third-order valence-electron chi connectivity index (χ3n) is 3.65. The molecular weight excluding hydrogens is 346 g/mol. The Bertz CT molecular complexity index is 567. The van der Waals surface area contributed by atoms with Crippen molar-refractivity contribution in [2.45, 2.75) is 26.3 Å². The van der Waals surface area contributed by atoms with Gasteiger partial charge in [-0.1, -0.05) is 13.8 Å². The molecule has 0 aliphatic rings. The van der Waals surface area contributed by atoms with E-state index in [1.54, 1.807) is 14.2 Å². The van der Waals surface area contributed by atoms with E-state index in [0.717, 1.165) is 17.1 Å². The predicted molar refractivity (Wildman–Crippen MR) is 99.3 cm³/mol. The molecule has 0 fully saturated rings. The topological polar surface area (TPSA) is 103 Å². The van der Waals surface area contributed by atoms with Crippen molar-refractivity contribution in [2.24, 2.45) is 11.7 Å². The number of carbonyl (C=O) groups is 2. The molecule has 0 bridgehead atoms. The minimum absolute atomic E-state index is 0. The molecule has 0 unspecified atom stereocenters. The first-order chi connectivity index (χ1) is 11.4. The highest BCUT2D eigenvalue weighted by Crippen LogP contribution is 2.24. The first-order valence-corrected chi connectivity index (χ1v) is 7.90. The lowest BCUT2D eigenvalue weighted by molar-refractivity contribution is -0.127. The summed E-state index contributed by atoms with van der Waals surface area (Å²) >= 11 is 0. The van der Waals surface area contributed by atoms with E-state index < -0.39 is 6.04 Å². The van der Waals surface area contributed by atoms with Crippen molar-refractivity contribution < 1.29 is 19.1 Å². The van der Waals surface area contributed by atoms with Gasteiger partial charge in [0, 0.05) is 6.54 Å². The van der Waals surface area contributed by atoms with E-state index >= 15 is 0 Å². The summed E-state index contributed by atoms with van der Waals surface area (Å²) < 4.78 is 10.5. The van der Waals surface area contributed by atoms with Crippen LogP contribution in [0.2, 0.25) is 0 Å². The Kier molecular flexibility index (Phi) is 10.6. The van der Waals surface area contributed by atoms with Crippen LogP contribution in [0.25, 0.3) is 0 Å². The largest absolute Gasteiger partial charge is 0.497 e. The molecule has 0 aliphatic heterocycles. The Morgan fingerprint density at radius 1 is 1.16 bits per heavy atom. The summed E-state index contributed by atoms with van der Waals surface area (Å²) in [7, 11) is 3.19. The van der Waals surface area contributed by atoms with Crippen LogP contribution in [0.5, 0.6) is 11.5 Å². The minimum Gasteiger partial charge on any atom is -0.497 e. The fourth-order valence-corrected chi connectivity index (χ4v) is 2.06. The van der Waals surface area contributed by atoms with Crippen LogP contribution < -0.4 is 25.8 Å². The Labute approximate surface area is 155 Å². The van der Waals surface area contributed by atoms with Crippen molar-refractivity contribution in [2.75, 3.05) is 27.3 Å². The number of nitrogens with two attached hydrogens (primary N) is 1. The van der Waals surface area contributed by atoms with Gasteiger partial charge in [0.2, 0.25) is 11.8 Å². The molecule has 0 saturated carbocycles. The Morgan fingerprint density at radius 2 is 1.84 bits per heavy atom. The molecule has 142 valence electrons. The minimum atomic E-state index is -0.612. The molecule has 0 aromatic heterocycles. The molecule has 0 saturated heterocycles. The first kappa shape index (κ1) is 23.0. The monoisotopic (exact) mass is 373 g/mol. The molecule has 25 heavy (non-hydrogen) atoms. The quantitative estimate of drug-likeness (QED) is 0.596. The number of halogens is 1. The van der Waals surface area contributed by atoms with Gasteiger partial charge >= 0.3 is 0 Å². The summed E-state index contributed by atoms with van der Waals surface area (Å²) in [4.78, 5) is 23.5. The maximum absolute atomic E-state index is 11.8. The molecule has 1 aromatic carbocycles. The maximum atomic E-state index is 11.8. The molecule has 2 amide bonds.